The average molecular weight is 868 g/mol. The first-order valence-corrected chi connectivity index (χ1v) is 18.2. The van der Waals surface area contributed by atoms with Gasteiger partial charge in [0.05, 0.1) is 11.4 Å². The topological polar surface area (TPSA) is 44.9 Å². The van der Waals surface area contributed by atoms with E-state index in [1.54, 1.807) is 0 Å². The molecular formula is C46H48N4OPt. The zero-order chi connectivity index (χ0) is 36.2. The standard InChI is InChI=1S/C46H48N4O.Pt/c1-28(2)33-23-35(50-45(30(5)6)43(44(48-50)29(3)4)32-17-15-31(7)16-18-32)26-37(24-33)51-36-19-20-39-38-13-11-12-14-40(38)49(41(39)27-36)42-25-34(21-22-47-42)46(8,9)10;/h11-25,28-30H,1-10H3;/q-2;+2. The van der Waals surface area contributed by atoms with Gasteiger partial charge in [0.25, 0.3) is 0 Å². The average Bonchev–Trinajstić information content (AvgIpc) is 3.65. The van der Waals surface area contributed by atoms with Crippen LogP contribution in [0.1, 0.15) is 108 Å². The first kappa shape index (κ1) is 37.3. The fourth-order valence-electron chi connectivity index (χ4n) is 6.93. The smallest absolute Gasteiger partial charge is 0.509 e. The zero-order valence-corrected chi connectivity index (χ0v) is 34.2. The molecule has 4 aromatic carbocycles. The largest absolute Gasteiger partial charge is 2.00 e. The molecule has 6 heteroatoms. The molecule has 0 saturated carbocycles. The number of benzene rings is 4. The molecule has 5 nitrogen and oxygen atoms in total. The third-order valence-electron chi connectivity index (χ3n) is 9.75. The number of hydrogen-bond acceptors (Lipinski definition) is 3. The summed E-state index contributed by atoms with van der Waals surface area (Å²) in [5, 5.41) is 7.55. The molecule has 0 aliphatic heterocycles. The van der Waals surface area contributed by atoms with Gasteiger partial charge in [0, 0.05) is 28.8 Å². The van der Waals surface area contributed by atoms with Crippen molar-refractivity contribution >= 4 is 21.8 Å². The summed E-state index contributed by atoms with van der Waals surface area (Å²) in [7, 11) is 0. The van der Waals surface area contributed by atoms with Gasteiger partial charge in [0.15, 0.2) is 0 Å². The van der Waals surface area contributed by atoms with Crippen LogP contribution in [-0.4, -0.2) is 19.3 Å². The Balaban J connectivity index is 0.00000464. The van der Waals surface area contributed by atoms with Crippen LogP contribution in [0.2, 0.25) is 0 Å². The number of rotatable bonds is 8. The quantitative estimate of drug-likeness (QED) is 0.143. The molecule has 0 aliphatic rings. The van der Waals surface area contributed by atoms with E-state index in [0.29, 0.717) is 11.5 Å². The van der Waals surface area contributed by atoms with Crippen LogP contribution in [-0.2, 0) is 26.5 Å². The zero-order valence-electron chi connectivity index (χ0n) is 31.9. The van der Waals surface area contributed by atoms with Gasteiger partial charge in [-0.25, -0.2) is 4.98 Å². The van der Waals surface area contributed by atoms with Crippen molar-refractivity contribution in [2.45, 2.75) is 92.4 Å². The van der Waals surface area contributed by atoms with Crippen LogP contribution < -0.4 is 4.74 Å². The van der Waals surface area contributed by atoms with Crippen molar-refractivity contribution in [1.82, 2.24) is 19.3 Å². The molecule has 3 heterocycles. The number of ether oxygens (including phenoxy) is 1. The van der Waals surface area contributed by atoms with E-state index < -0.39 is 0 Å². The third-order valence-corrected chi connectivity index (χ3v) is 9.75. The molecule has 0 saturated heterocycles. The van der Waals surface area contributed by atoms with E-state index in [1.165, 1.54) is 27.9 Å². The molecule has 0 radical (unpaired) electrons. The summed E-state index contributed by atoms with van der Waals surface area (Å²) in [4.78, 5) is 4.84. The van der Waals surface area contributed by atoms with Crippen LogP contribution in [0.3, 0.4) is 0 Å². The molecule has 0 fully saturated rings. The van der Waals surface area contributed by atoms with Crippen molar-refractivity contribution < 1.29 is 25.8 Å². The Kier molecular flexibility index (Phi) is 10.4. The second-order valence-electron chi connectivity index (χ2n) is 15.7. The maximum atomic E-state index is 6.70. The number of pyridine rings is 1. The Morgan fingerprint density at radius 3 is 2.13 bits per heavy atom. The van der Waals surface area contributed by atoms with Crippen molar-refractivity contribution in [1.29, 1.82) is 0 Å². The van der Waals surface area contributed by atoms with Gasteiger partial charge in [-0.15, -0.1) is 41.3 Å². The fourth-order valence-corrected chi connectivity index (χ4v) is 6.93. The summed E-state index contributed by atoms with van der Waals surface area (Å²) in [6, 6.07) is 37.3. The number of hydrogen-bond donors (Lipinski definition) is 0. The molecule has 0 unspecified atom stereocenters. The SMILES string of the molecule is Cc1ccc(-c2c(C(C)C)nn(-c3[c-]c(Oc4[c-]c5c(cc4)c4ccccc4n5-c4cc(C(C)(C)C)ccn4)cc(C(C)C)c3)c2C(C)C)cc1.[Pt+2]. The van der Waals surface area contributed by atoms with E-state index >= 15 is 0 Å². The molecule has 7 aromatic rings. The van der Waals surface area contributed by atoms with Crippen molar-refractivity contribution in [3.05, 3.63) is 131 Å². The van der Waals surface area contributed by atoms with Crippen LogP contribution in [0, 0.1) is 19.1 Å². The monoisotopic (exact) mass is 867 g/mol. The number of nitrogens with zero attached hydrogens (tertiary/aromatic N) is 4. The van der Waals surface area contributed by atoms with Crippen molar-refractivity contribution in [3.8, 4) is 34.1 Å². The minimum absolute atomic E-state index is 0. The molecule has 0 bridgehead atoms. The number of para-hydroxylation sites is 1. The molecule has 3 aromatic heterocycles. The van der Waals surface area contributed by atoms with Crippen molar-refractivity contribution in [3.63, 3.8) is 0 Å². The van der Waals surface area contributed by atoms with Crippen LogP contribution in [0.5, 0.6) is 11.5 Å². The van der Waals surface area contributed by atoms with Crippen LogP contribution in [0.25, 0.3) is 44.4 Å². The number of aromatic nitrogens is 4. The van der Waals surface area contributed by atoms with Gasteiger partial charge < -0.3 is 9.30 Å². The second kappa shape index (κ2) is 14.5. The Labute approximate surface area is 323 Å². The van der Waals surface area contributed by atoms with Gasteiger partial charge in [-0.3, -0.25) is 4.68 Å². The summed E-state index contributed by atoms with van der Waals surface area (Å²) >= 11 is 0. The minimum Gasteiger partial charge on any atom is -0.509 e. The predicted octanol–water partition coefficient (Wildman–Crippen LogP) is 12.4. The molecule has 0 aliphatic carbocycles. The minimum atomic E-state index is -0.00967. The van der Waals surface area contributed by atoms with Gasteiger partial charge in [-0.1, -0.05) is 116 Å². The van der Waals surface area contributed by atoms with Gasteiger partial charge in [-0.05, 0) is 70.5 Å². The van der Waals surface area contributed by atoms with Crippen LogP contribution >= 0.6 is 0 Å². The summed E-state index contributed by atoms with van der Waals surface area (Å²) in [6.07, 6.45) is 1.90. The van der Waals surface area contributed by atoms with Crippen LogP contribution in [0.4, 0.5) is 0 Å². The molecule has 0 amide bonds. The van der Waals surface area contributed by atoms with E-state index in [2.05, 4.69) is 169 Å². The second-order valence-corrected chi connectivity index (χ2v) is 15.7. The van der Waals surface area contributed by atoms with Gasteiger partial charge >= 0.3 is 21.1 Å². The molecule has 268 valence electrons. The Bertz CT molecular complexity index is 2370. The molecule has 0 atom stereocenters. The summed E-state index contributed by atoms with van der Waals surface area (Å²) in [5.74, 6) is 2.86. The van der Waals surface area contributed by atoms with Gasteiger partial charge in [0.2, 0.25) is 0 Å². The summed E-state index contributed by atoms with van der Waals surface area (Å²) in [5.41, 5.74) is 11.2. The molecule has 52 heavy (non-hydrogen) atoms. The first-order chi connectivity index (χ1) is 24.3. The molecule has 0 spiro atoms. The predicted molar refractivity (Wildman–Crippen MR) is 211 cm³/mol. The Morgan fingerprint density at radius 1 is 0.731 bits per heavy atom. The first-order valence-electron chi connectivity index (χ1n) is 18.2. The maximum Gasteiger partial charge on any atom is 2.00 e. The molecular weight excluding hydrogens is 820 g/mol. The van der Waals surface area contributed by atoms with Gasteiger partial charge in [-0.2, -0.15) is 11.2 Å². The van der Waals surface area contributed by atoms with E-state index in [4.69, 9.17) is 14.8 Å². The van der Waals surface area contributed by atoms with Crippen molar-refractivity contribution in [2.75, 3.05) is 0 Å². The summed E-state index contributed by atoms with van der Waals surface area (Å²) < 4.78 is 11.0. The summed E-state index contributed by atoms with van der Waals surface area (Å²) in [6.45, 7) is 22.2. The number of fused-ring (bicyclic) bond motifs is 3. The normalized spacial score (nSPS) is 12.0. The third kappa shape index (κ3) is 7.00. The fraction of sp³-hybridized carbons (Fsp3) is 0.304. The van der Waals surface area contributed by atoms with Crippen LogP contribution in [0.15, 0.2) is 91.1 Å². The van der Waals surface area contributed by atoms with Crippen molar-refractivity contribution in [2.24, 2.45) is 0 Å². The Morgan fingerprint density at radius 2 is 1.46 bits per heavy atom. The van der Waals surface area contributed by atoms with E-state index in [9.17, 15) is 0 Å². The number of aryl methyl sites for hydroxylation is 1. The van der Waals surface area contributed by atoms with E-state index in [-0.39, 0.29) is 44.2 Å². The Hall–Kier alpha value is -4.47. The maximum absolute atomic E-state index is 6.70. The molecule has 7 rings (SSSR count). The van der Waals surface area contributed by atoms with E-state index in [1.807, 2.05) is 12.3 Å². The molecule has 0 N–H and O–H groups in total. The van der Waals surface area contributed by atoms with Gasteiger partial charge in [0.1, 0.15) is 5.82 Å². The van der Waals surface area contributed by atoms with E-state index in [0.717, 1.165) is 44.6 Å².